The summed E-state index contributed by atoms with van der Waals surface area (Å²) in [5.74, 6) is -0.517. The predicted molar refractivity (Wildman–Crippen MR) is 83.7 cm³/mol. The summed E-state index contributed by atoms with van der Waals surface area (Å²) in [4.78, 5) is 11.6. The molecule has 0 aliphatic carbocycles. The Labute approximate surface area is 126 Å². The number of hydrogen-bond donors (Lipinski definition) is 1. The highest BCUT2D eigenvalue weighted by Crippen LogP contribution is 2.10. The van der Waals surface area contributed by atoms with E-state index in [0.717, 1.165) is 32.1 Å². The van der Waals surface area contributed by atoms with Crippen molar-refractivity contribution in [3.8, 4) is 0 Å². The van der Waals surface area contributed by atoms with Crippen LogP contribution in [-0.4, -0.2) is 23.0 Å². The number of hydrogen-bond acceptors (Lipinski definition) is 4. The molecule has 0 saturated carbocycles. The van der Waals surface area contributed by atoms with Crippen LogP contribution in [0.4, 0.5) is 0 Å². The minimum atomic E-state index is -0.517. The van der Waals surface area contributed by atoms with Crippen LogP contribution in [0.1, 0.15) is 51.5 Å². The number of aryl methyl sites for hydroxylation is 1. The topological polar surface area (TPSA) is 58.9 Å². The zero-order chi connectivity index (χ0) is 15.5. The van der Waals surface area contributed by atoms with E-state index in [2.05, 4.69) is 29.4 Å². The quantitative estimate of drug-likeness (QED) is 0.246. The molecule has 1 aromatic rings. The van der Waals surface area contributed by atoms with Gasteiger partial charge in [0.1, 0.15) is 0 Å². The molecule has 4 heteroatoms. The van der Waals surface area contributed by atoms with Gasteiger partial charge >= 0.3 is 5.97 Å². The summed E-state index contributed by atoms with van der Waals surface area (Å²) in [6, 6.07) is 10.4. The molecule has 0 atom stereocenters. The van der Waals surface area contributed by atoms with E-state index in [0.29, 0.717) is 6.42 Å². The third kappa shape index (κ3) is 7.49. The van der Waals surface area contributed by atoms with Crippen molar-refractivity contribution in [2.45, 2.75) is 58.5 Å². The first-order chi connectivity index (χ1) is 10.1. The molecule has 0 unspecified atom stereocenters. The smallest absolute Gasteiger partial charge is 0.356 e. The van der Waals surface area contributed by atoms with E-state index in [9.17, 15) is 4.79 Å². The van der Waals surface area contributed by atoms with Gasteiger partial charge in [0.05, 0.1) is 6.10 Å². The summed E-state index contributed by atoms with van der Waals surface area (Å²) in [7, 11) is 0. The highest BCUT2D eigenvalue weighted by molar-refractivity contribution is 6.36. The van der Waals surface area contributed by atoms with Gasteiger partial charge in [-0.3, -0.25) is 0 Å². The van der Waals surface area contributed by atoms with Gasteiger partial charge in [-0.05, 0) is 38.7 Å². The van der Waals surface area contributed by atoms with Crippen LogP contribution in [0.3, 0.4) is 0 Å². The third-order valence-electron chi connectivity index (χ3n) is 3.17. The number of esters is 1. The Morgan fingerprint density at radius 3 is 2.43 bits per heavy atom. The van der Waals surface area contributed by atoms with Crippen molar-refractivity contribution < 1.29 is 14.7 Å². The number of ether oxygens (including phenoxy) is 1. The van der Waals surface area contributed by atoms with Crippen LogP contribution in [0.2, 0.25) is 0 Å². The average Bonchev–Trinajstić information content (AvgIpc) is 2.46. The van der Waals surface area contributed by atoms with Crippen molar-refractivity contribution in [3.05, 3.63) is 35.9 Å². The zero-order valence-electron chi connectivity index (χ0n) is 12.9. The normalized spacial score (nSPS) is 11.7. The highest BCUT2D eigenvalue weighted by Gasteiger charge is 2.14. The lowest BCUT2D eigenvalue weighted by molar-refractivity contribution is -0.139. The number of oxime groups is 1. The number of nitrogens with zero attached hydrogens (tertiary/aromatic N) is 1. The Hall–Kier alpha value is -1.84. The van der Waals surface area contributed by atoms with Gasteiger partial charge in [0.2, 0.25) is 0 Å². The Morgan fingerprint density at radius 2 is 1.81 bits per heavy atom. The van der Waals surface area contributed by atoms with Gasteiger partial charge in [-0.1, -0.05) is 48.3 Å². The molecule has 116 valence electrons. The van der Waals surface area contributed by atoms with Crippen molar-refractivity contribution in [3.63, 3.8) is 0 Å². The molecule has 0 radical (unpaired) electrons. The molecule has 1 aromatic carbocycles. The van der Waals surface area contributed by atoms with Crippen molar-refractivity contribution in [1.29, 1.82) is 0 Å². The molecular formula is C17H25NO3. The predicted octanol–water partition coefficient (Wildman–Crippen LogP) is 3.96. The Bertz CT molecular complexity index is 441. The molecule has 21 heavy (non-hydrogen) atoms. The van der Waals surface area contributed by atoms with Gasteiger partial charge in [0.15, 0.2) is 5.71 Å². The van der Waals surface area contributed by atoms with Crippen LogP contribution >= 0.6 is 0 Å². The Kier molecular flexibility index (Phi) is 8.17. The minimum absolute atomic E-state index is 0.117. The zero-order valence-corrected chi connectivity index (χ0v) is 12.9. The Morgan fingerprint density at radius 1 is 1.14 bits per heavy atom. The maximum Gasteiger partial charge on any atom is 0.356 e. The molecule has 4 nitrogen and oxygen atoms in total. The minimum Gasteiger partial charge on any atom is -0.458 e. The fourth-order valence-corrected chi connectivity index (χ4v) is 2.09. The lowest BCUT2D eigenvalue weighted by Crippen LogP contribution is -2.21. The van der Waals surface area contributed by atoms with Gasteiger partial charge in [0, 0.05) is 6.42 Å². The molecule has 0 saturated heterocycles. The van der Waals surface area contributed by atoms with Crippen LogP contribution in [-0.2, 0) is 16.0 Å². The van der Waals surface area contributed by atoms with Crippen LogP contribution in [0.15, 0.2) is 35.5 Å². The molecule has 1 rings (SSSR count). The van der Waals surface area contributed by atoms with Crippen LogP contribution in [0.5, 0.6) is 0 Å². The molecular weight excluding hydrogens is 266 g/mol. The molecule has 0 bridgehead atoms. The van der Waals surface area contributed by atoms with Gasteiger partial charge in [-0.15, -0.1) is 0 Å². The number of unbranched alkanes of at least 4 members (excludes halogenated alkanes) is 3. The molecule has 0 amide bonds. The first-order valence-electron chi connectivity index (χ1n) is 7.59. The molecule has 0 spiro atoms. The third-order valence-corrected chi connectivity index (χ3v) is 3.17. The summed E-state index contributed by atoms with van der Waals surface area (Å²) in [5, 5.41) is 11.9. The lowest BCUT2D eigenvalue weighted by Gasteiger charge is -2.08. The monoisotopic (exact) mass is 291 g/mol. The number of rotatable bonds is 9. The fraction of sp³-hybridized carbons (Fsp3) is 0.529. The van der Waals surface area contributed by atoms with E-state index in [1.165, 1.54) is 5.56 Å². The Balaban J connectivity index is 2.14. The molecule has 0 aromatic heterocycles. The SMILES string of the molecule is CC(C)OC(=O)C(CCCCCCc1ccccc1)=NO. The van der Waals surface area contributed by atoms with Crippen molar-refractivity contribution in [1.82, 2.24) is 0 Å². The first-order valence-corrected chi connectivity index (χ1v) is 7.59. The van der Waals surface area contributed by atoms with E-state index in [4.69, 9.17) is 9.94 Å². The lowest BCUT2D eigenvalue weighted by atomic mass is 10.0. The second kappa shape index (κ2) is 9.97. The largest absolute Gasteiger partial charge is 0.458 e. The standard InChI is InChI=1S/C17H25NO3/c1-14(2)21-17(19)16(18-20)13-9-4-3-6-10-15-11-7-5-8-12-15/h5,7-8,11-12,14,20H,3-4,6,9-10,13H2,1-2H3. The van der Waals surface area contributed by atoms with Gasteiger partial charge in [-0.25, -0.2) is 4.79 Å². The molecule has 1 N–H and O–H groups in total. The fourth-order valence-electron chi connectivity index (χ4n) is 2.09. The van der Waals surface area contributed by atoms with E-state index in [1.807, 2.05) is 6.07 Å². The van der Waals surface area contributed by atoms with Crippen LogP contribution < -0.4 is 0 Å². The molecule has 0 heterocycles. The first kappa shape index (κ1) is 17.2. The molecule has 0 aliphatic heterocycles. The van der Waals surface area contributed by atoms with Crippen molar-refractivity contribution in [2.75, 3.05) is 0 Å². The maximum atomic E-state index is 11.6. The van der Waals surface area contributed by atoms with Gasteiger partial charge in [0.25, 0.3) is 0 Å². The van der Waals surface area contributed by atoms with E-state index in [1.54, 1.807) is 13.8 Å². The van der Waals surface area contributed by atoms with Crippen LogP contribution in [0, 0.1) is 0 Å². The van der Waals surface area contributed by atoms with E-state index in [-0.39, 0.29) is 11.8 Å². The molecule has 0 aliphatic rings. The van der Waals surface area contributed by atoms with Crippen molar-refractivity contribution in [2.24, 2.45) is 5.16 Å². The van der Waals surface area contributed by atoms with Crippen LogP contribution in [0.25, 0.3) is 0 Å². The second-order valence-electron chi connectivity index (χ2n) is 5.40. The summed E-state index contributed by atoms with van der Waals surface area (Å²) in [5.41, 5.74) is 1.47. The summed E-state index contributed by atoms with van der Waals surface area (Å²) >= 11 is 0. The average molecular weight is 291 g/mol. The highest BCUT2D eigenvalue weighted by atomic mass is 16.5. The molecule has 0 fully saturated rings. The van der Waals surface area contributed by atoms with Gasteiger partial charge in [-0.2, -0.15) is 0 Å². The number of carbonyl (C=O) groups excluding carboxylic acids is 1. The number of benzene rings is 1. The van der Waals surface area contributed by atoms with E-state index < -0.39 is 5.97 Å². The summed E-state index contributed by atoms with van der Waals surface area (Å²) in [6.45, 7) is 3.55. The summed E-state index contributed by atoms with van der Waals surface area (Å²) in [6.07, 6.45) is 5.44. The van der Waals surface area contributed by atoms with Gasteiger partial charge < -0.3 is 9.94 Å². The second-order valence-corrected chi connectivity index (χ2v) is 5.40. The maximum absolute atomic E-state index is 11.6. The van der Waals surface area contributed by atoms with E-state index >= 15 is 0 Å². The summed E-state index contributed by atoms with van der Waals surface area (Å²) < 4.78 is 5.01. The number of carbonyl (C=O) groups is 1. The van der Waals surface area contributed by atoms with Crippen molar-refractivity contribution >= 4 is 11.7 Å².